The van der Waals surface area contributed by atoms with E-state index in [1.165, 1.54) is 0 Å². The molecule has 0 fully saturated rings. The van der Waals surface area contributed by atoms with Crippen LogP contribution in [0.2, 0.25) is 16.2 Å². The first-order chi connectivity index (χ1) is 6.25. The van der Waals surface area contributed by atoms with Crippen molar-refractivity contribution in [2.24, 2.45) is 0 Å². The summed E-state index contributed by atoms with van der Waals surface area (Å²) < 4.78 is 5.39. The molecule has 0 amide bonds. The van der Waals surface area contributed by atoms with E-state index in [0.717, 1.165) is 15.7 Å². The first-order valence-electron chi connectivity index (χ1n) is 5.89. The average Bonchev–Trinajstić information content (AvgIpc) is 1.97. The zero-order chi connectivity index (χ0) is 11.5. The Bertz CT molecular complexity index is 140. The van der Waals surface area contributed by atoms with Crippen LogP contribution in [0.25, 0.3) is 0 Å². The van der Waals surface area contributed by atoms with Gasteiger partial charge in [-0.1, -0.05) is 0 Å². The third kappa shape index (κ3) is 3.53. The van der Waals surface area contributed by atoms with E-state index < -0.39 is 18.4 Å². The van der Waals surface area contributed by atoms with Crippen LogP contribution in [0.4, 0.5) is 0 Å². The fourth-order valence-electron chi connectivity index (χ4n) is 3.19. The standard InChI is InChI=1S/C3H6I.3C3H7.Sn/c1-3(2)4;3*1-3-2;/h3H,1H2,2H3;3*3H,1-2H3;. The van der Waals surface area contributed by atoms with Crippen LogP contribution < -0.4 is 0 Å². The number of halogens is 1. The van der Waals surface area contributed by atoms with Crippen molar-refractivity contribution in [2.75, 3.05) is 0 Å². The summed E-state index contributed by atoms with van der Waals surface area (Å²) in [5.41, 5.74) is 0. The van der Waals surface area contributed by atoms with Gasteiger partial charge in [0.05, 0.1) is 0 Å². The second kappa shape index (κ2) is 6.31. The van der Waals surface area contributed by atoms with Crippen molar-refractivity contribution in [2.45, 2.75) is 68.6 Å². The van der Waals surface area contributed by atoms with Gasteiger partial charge >= 0.3 is 110 Å². The molecule has 0 aliphatic heterocycles. The predicted molar refractivity (Wildman–Crippen MR) is 79.3 cm³/mol. The fourth-order valence-corrected chi connectivity index (χ4v) is 26.5. The topological polar surface area (TPSA) is 0 Å². The Morgan fingerprint density at radius 3 is 1.14 bits per heavy atom. The van der Waals surface area contributed by atoms with Crippen molar-refractivity contribution in [3.63, 3.8) is 0 Å². The molecule has 0 heterocycles. The summed E-state index contributed by atoms with van der Waals surface area (Å²) in [6, 6.07) is 0. The van der Waals surface area contributed by atoms with Gasteiger partial charge in [-0.3, -0.25) is 0 Å². The Labute approximate surface area is 109 Å². The first kappa shape index (κ1) is 15.5. The Morgan fingerprint density at radius 1 is 0.786 bits per heavy atom. The van der Waals surface area contributed by atoms with Crippen LogP contribution in [0, 0.1) is 0 Å². The van der Waals surface area contributed by atoms with Crippen molar-refractivity contribution in [3.8, 4) is 0 Å². The molecule has 0 aliphatic rings. The number of rotatable bonds is 5. The van der Waals surface area contributed by atoms with E-state index in [1.54, 1.807) is 4.44 Å². The molecule has 0 saturated heterocycles. The molecular formula is C12H27ISn. The van der Waals surface area contributed by atoms with Gasteiger partial charge in [-0.05, 0) is 0 Å². The van der Waals surface area contributed by atoms with Gasteiger partial charge in [0.15, 0.2) is 0 Å². The second-order valence-electron chi connectivity index (χ2n) is 5.56. The quantitative estimate of drug-likeness (QED) is 0.316. The third-order valence-corrected chi connectivity index (χ3v) is 28.8. The molecule has 0 spiro atoms. The van der Waals surface area contributed by atoms with Crippen molar-refractivity contribution >= 4 is 41.0 Å². The summed E-state index contributed by atoms with van der Waals surface area (Å²) >= 11 is 0.696. The molecule has 0 bridgehead atoms. The molecule has 0 radical (unpaired) electrons. The average molecular weight is 417 g/mol. The molecule has 86 valence electrons. The maximum absolute atomic E-state index is 2.62. The van der Waals surface area contributed by atoms with E-state index in [-0.39, 0.29) is 0 Å². The van der Waals surface area contributed by atoms with E-state index in [0.29, 0.717) is 0 Å². The summed E-state index contributed by atoms with van der Waals surface area (Å²) in [7, 11) is 0. The molecule has 14 heavy (non-hydrogen) atoms. The Morgan fingerprint density at radius 2 is 1.07 bits per heavy atom. The fraction of sp³-hybridized carbons (Fsp3) is 1.00. The zero-order valence-electron chi connectivity index (χ0n) is 10.9. The van der Waals surface area contributed by atoms with E-state index >= 15 is 0 Å². The second-order valence-corrected chi connectivity index (χ2v) is 25.1. The molecule has 0 nitrogen and oxygen atoms in total. The third-order valence-electron chi connectivity index (χ3n) is 3.86. The summed E-state index contributed by atoms with van der Waals surface area (Å²) in [6.45, 7) is 17.3. The van der Waals surface area contributed by atoms with E-state index in [4.69, 9.17) is 0 Å². The molecular weight excluding hydrogens is 390 g/mol. The maximum atomic E-state index is 2.62. The van der Waals surface area contributed by atoms with Crippen molar-refractivity contribution in [3.05, 3.63) is 0 Å². The van der Waals surface area contributed by atoms with Gasteiger partial charge in [0.25, 0.3) is 0 Å². The van der Waals surface area contributed by atoms with Gasteiger partial charge in [-0.2, -0.15) is 0 Å². The molecule has 0 rings (SSSR count). The summed E-state index contributed by atoms with van der Waals surface area (Å²) in [5.74, 6) is 0. The molecule has 0 aliphatic carbocycles. The van der Waals surface area contributed by atoms with Crippen LogP contribution >= 0.6 is 22.6 Å². The van der Waals surface area contributed by atoms with E-state index in [1.807, 2.05) is 0 Å². The summed E-state index contributed by atoms with van der Waals surface area (Å²) in [5, 5.41) is 0. The van der Waals surface area contributed by atoms with Gasteiger partial charge in [-0.15, -0.1) is 0 Å². The van der Waals surface area contributed by atoms with Crippen molar-refractivity contribution in [1.82, 2.24) is 0 Å². The number of hydrogen-bond donors (Lipinski definition) is 0. The molecule has 0 aromatic rings. The molecule has 0 aromatic heterocycles. The van der Waals surface area contributed by atoms with Crippen LogP contribution in [0.1, 0.15) is 48.5 Å². The number of alkyl halides is 1. The molecule has 0 aromatic carbocycles. The minimum atomic E-state index is -1.92. The molecule has 0 N–H and O–H groups in total. The first-order valence-corrected chi connectivity index (χ1v) is 14.1. The monoisotopic (exact) mass is 418 g/mol. The minimum absolute atomic E-state index is 0.871. The van der Waals surface area contributed by atoms with Crippen LogP contribution in [-0.4, -0.2) is 22.3 Å². The van der Waals surface area contributed by atoms with Crippen LogP contribution in [0.3, 0.4) is 0 Å². The summed E-state index contributed by atoms with van der Waals surface area (Å²) in [6.07, 6.45) is 0. The van der Waals surface area contributed by atoms with Gasteiger partial charge in [0.2, 0.25) is 0 Å². The molecule has 0 saturated carbocycles. The Balaban J connectivity index is 4.95. The summed E-state index contributed by atoms with van der Waals surface area (Å²) in [4.78, 5) is 0. The Hall–Kier alpha value is 1.53. The number of hydrogen-bond acceptors (Lipinski definition) is 0. The normalized spacial score (nSPS) is 15.6. The van der Waals surface area contributed by atoms with Gasteiger partial charge in [-0.25, -0.2) is 0 Å². The van der Waals surface area contributed by atoms with E-state index in [9.17, 15) is 0 Å². The van der Waals surface area contributed by atoms with Crippen LogP contribution in [0.15, 0.2) is 0 Å². The van der Waals surface area contributed by atoms with Gasteiger partial charge in [0.1, 0.15) is 0 Å². The molecule has 1 atom stereocenters. The van der Waals surface area contributed by atoms with Gasteiger partial charge in [0, 0.05) is 0 Å². The van der Waals surface area contributed by atoms with Crippen LogP contribution in [-0.2, 0) is 0 Å². The molecule has 1 unspecified atom stereocenters. The van der Waals surface area contributed by atoms with E-state index in [2.05, 4.69) is 71.1 Å². The SMILES string of the molecule is CC(I)[CH2][Sn]([CH](C)C)([CH](C)C)[CH](C)C. The zero-order valence-corrected chi connectivity index (χ0v) is 15.9. The van der Waals surface area contributed by atoms with Gasteiger partial charge < -0.3 is 0 Å². The van der Waals surface area contributed by atoms with Crippen molar-refractivity contribution in [1.29, 1.82) is 0 Å². The van der Waals surface area contributed by atoms with Crippen LogP contribution in [0.5, 0.6) is 0 Å². The molecule has 2 heteroatoms. The van der Waals surface area contributed by atoms with Crippen molar-refractivity contribution < 1.29 is 0 Å². The predicted octanol–water partition coefficient (Wildman–Crippen LogP) is 5.49. The Kier molecular flexibility index (Phi) is 7.00.